The number of anilines is 2. The van der Waals surface area contributed by atoms with E-state index in [1.54, 1.807) is 30.3 Å². The predicted molar refractivity (Wildman–Crippen MR) is 152 cm³/mol. The van der Waals surface area contributed by atoms with Gasteiger partial charge in [0.05, 0.1) is 46.1 Å². The number of nitrogens with one attached hydrogen (secondary N) is 2. The van der Waals surface area contributed by atoms with Gasteiger partial charge in [-0.3, -0.25) is 9.89 Å². The number of hydrogen-bond acceptors (Lipinski definition) is 7. The number of piperazine rings is 1. The van der Waals surface area contributed by atoms with Crippen LogP contribution in [0, 0.1) is 0 Å². The van der Waals surface area contributed by atoms with Crippen LogP contribution in [0.25, 0.3) is 22.3 Å². The fraction of sp³-hybridized carbons (Fsp3) is 0.269. The SMILES string of the molecule is COc1cc(OC)c(Cl)c(-c2ccc3c(NC(=O)c4ccc(N5CCN(C)CC5)c(Cl)c4)n[nH]c3n2)c1Cl. The van der Waals surface area contributed by atoms with E-state index in [4.69, 9.17) is 44.3 Å². The van der Waals surface area contributed by atoms with Crippen molar-refractivity contribution in [2.75, 3.05) is 57.7 Å². The molecule has 0 atom stereocenters. The summed E-state index contributed by atoms with van der Waals surface area (Å²) in [5.74, 6) is 0.806. The second-order valence-corrected chi connectivity index (χ2v) is 10.0. The van der Waals surface area contributed by atoms with Crippen molar-refractivity contribution in [1.29, 1.82) is 0 Å². The largest absolute Gasteiger partial charge is 0.495 e. The Morgan fingerprint density at radius 1 is 0.974 bits per heavy atom. The van der Waals surface area contributed by atoms with Gasteiger partial charge in [-0.1, -0.05) is 34.8 Å². The number of fused-ring (bicyclic) bond motifs is 1. The quantitative estimate of drug-likeness (QED) is 0.309. The molecule has 3 heterocycles. The van der Waals surface area contributed by atoms with E-state index in [2.05, 4.69) is 37.3 Å². The van der Waals surface area contributed by atoms with Gasteiger partial charge >= 0.3 is 0 Å². The van der Waals surface area contributed by atoms with Crippen LogP contribution in [0.4, 0.5) is 11.5 Å². The highest BCUT2D eigenvalue weighted by atomic mass is 35.5. The first-order valence-electron chi connectivity index (χ1n) is 11.8. The fourth-order valence-corrected chi connectivity index (χ4v) is 5.38. The zero-order valence-electron chi connectivity index (χ0n) is 20.9. The van der Waals surface area contributed by atoms with E-state index in [9.17, 15) is 4.79 Å². The Kier molecular flexibility index (Phi) is 7.54. The molecule has 4 aromatic rings. The molecule has 0 spiro atoms. The Balaban J connectivity index is 1.39. The van der Waals surface area contributed by atoms with Crippen molar-refractivity contribution in [3.8, 4) is 22.8 Å². The van der Waals surface area contributed by atoms with Gasteiger partial charge in [-0.2, -0.15) is 5.10 Å². The van der Waals surface area contributed by atoms with E-state index in [1.807, 2.05) is 6.07 Å². The molecule has 2 aromatic carbocycles. The zero-order chi connectivity index (χ0) is 27.0. The van der Waals surface area contributed by atoms with Crippen LogP contribution in [-0.2, 0) is 0 Å². The van der Waals surface area contributed by atoms with Gasteiger partial charge in [0.1, 0.15) is 11.5 Å². The lowest BCUT2D eigenvalue weighted by Crippen LogP contribution is -2.44. The van der Waals surface area contributed by atoms with Crippen LogP contribution in [0.15, 0.2) is 36.4 Å². The summed E-state index contributed by atoms with van der Waals surface area (Å²) in [6.45, 7) is 3.69. The lowest BCUT2D eigenvalue weighted by Gasteiger charge is -2.34. The monoisotopic (exact) mass is 574 g/mol. The summed E-state index contributed by atoms with van der Waals surface area (Å²) in [6.07, 6.45) is 0. The lowest BCUT2D eigenvalue weighted by molar-refractivity contribution is 0.102. The summed E-state index contributed by atoms with van der Waals surface area (Å²) in [4.78, 5) is 22.2. The van der Waals surface area contributed by atoms with Gasteiger partial charge in [-0.25, -0.2) is 4.98 Å². The highest BCUT2D eigenvalue weighted by molar-refractivity contribution is 6.41. The van der Waals surface area contributed by atoms with Gasteiger partial charge < -0.3 is 24.6 Å². The van der Waals surface area contributed by atoms with Crippen LogP contribution in [0.1, 0.15) is 10.4 Å². The summed E-state index contributed by atoms with van der Waals surface area (Å²) in [7, 11) is 5.11. The molecule has 198 valence electrons. The molecular weight excluding hydrogens is 551 g/mol. The normalized spacial score (nSPS) is 14.1. The molecule has 1 saturated heterocycles. The maximum Gasteiger partial charge on any atom is 0.256 e. The third-order valence-electron chi connectivity index (χ3n) is 6.54. The number of aromatic nitrogens is 3. The van der Waals surface area contributed by atoms with E-state index in [1.165, 1.54) is 14.2 Å². The first kappa shape index (κ1) is 26.4. The topological polar surface area (TPSA) is 95.6 Å². The van der Waals surface area contributed by atoms with Gasteiger partial charge in [0.25, 0.3) is 5.91 Å². The van der Waals surface area contributed by atoms with Crippen molar-refractivity contribution >= 4 is 63.2 Å². The van der Waals surface area contributed by atoms with Crippen molar-refractivity contribution in [3.05, 3.63) is 57.0 Å². The van der Waals surface area contributed by atoms with Crippen LogP contribution in [0.5, 0.6) is 11.5 Å². The lowest BCUT2D eigenvalue weighted by atomic mass is 10.1. The number of hydrogen-bond donors (Lipinski definition) is 2. The van der Waals surface area contributed by atoms with E-state index in [0.29, 0.717) is 60.2 Å². The number of rotatable bonds is 6. The minimum Gasteiger partial charge on any atom is -0.495 e. The average Bonchev–Trinajstić information content (AvgIpc) is 3.31. The second kappa shape index (κ2) is 10.9. The van der Waals surface area contributed by atoms with Gasteiger partial charge in [0, 0.05) is 43.4 Å². The number of nitrogens with zero attached hydrogens (tertiary/aromatic N) is 4. The number of pyridine rings is 1. The number of likely N-dealkylation sites (N-methyl/N-ethyl adjacent to an activating group) is 1. The maximum atomic E-state index is 13.0. The molecule has 2 N–H and O–H groups in total. The average molecular weight is 576 g/mol. The minimum absolute atomic E-state index is 0.301. The van der Waals surface area contributed by atoms with Crippen LogP contribution in [0.2, 0.25) is 15.1 Å². The Hall–Kier alpha value is -3.24. The molecule has 0 saturated carbocycles. The Labute approximate surface area is 234 Å². The molecular formula is C26H25Cl3N6O3. The summed E-state index contributed by atoms with van der Waals surface area (Å²) in [5, 5.41) is 11.7. The summed E-state index contributed by atoms with van der Waals surface area (Å²) in [5.41, 5.74) is 2.73. The Morgan fingerprint density at radius 2 is 1.66 bits per heavy atom. The number of ether oxygens (including phenoxy) is 2. The number of benzene rings is 2. The van der Waals surface area contributed by atoms with Gasteiger partial charge in [-0.15, -0.1) is 0 Å². The predicted octanol–water partition coefficient (Wildman–Crippen LogP) is 5.61. The van der Waals surface area contributed by atoms with Crippen molar-refractivity contribution in [3.63, 3.8) is 0 Å². The minimum atomic E-state index is -0.335. The first-order chi connectivity index (χ1) is 18.3. The van der Waals surface area contributed by atoms with E-state index >= 15 is 0 Å². The number of aromatic amines is 1. The molecule has 1 aliphatic rings. The number of halogens is 3. The maximum absolute atomic E-state index is 13.0. The molecule has 5 rings (SSSR count). The molecule has 2 aromatic heterocycles. The number of H-pyrrole nitrogens is 1. The molecule has 0 radical (unpaired) electrons. The third kappa shape index (κ3) is 4.94. The van der Waals surface area contributed by atoms with Gasteiger partial charge in [-0.05, 0) is 37.4 Å². The van der Waals surface area contributed by atoms with E-state index in [0.717, 1.165) is 31.9 Å². The molecule has 1 fully saturated rings. The van der Waals surface area contributed by atoms with Crippen LogP contribution in [-0.4, -0.2) is 73.4 Å². The number of carbonyl (C=O) groups is 1. The molecule has 1 aliphatic heterocycles. The second-order valence-electron chi connectivity index (χ2n) is 8.86. The summed E-state index contributed by atoms with van der Waals surface area (Å²) < 4.78 is 10.7. The Bertz CT molecular complexity index is 1490. The molecule has 0 unspecified atom stereocenters. The number of amides is 1. The molecule has 12 heteroatoms. The molecule has 38 heavy (non-hydrogen) atoms. The van der Waals surface area contributed by atoms with Crippen molar-refractivity contribution in [1.82, 2.24) is 20.1 Å². The first-order valence-corrected chi connectivity index (χ1v) is 12.9. The number of methoxy groups -OCH3 is 2. The third-order valence-corrected chi connectivity index (χ3v) is 7.59. The molecule has 0 bridgehead atoms. The smallest absolute Gasteiger partial charge is 0.256 e. The highest BCUT2D eigenvalue weighted by Gasteiger charge is 2.22. The molecule has 1 amide bonds. The van der Waals surface area contributed by atoms with E-state index < -0.39 is 0 Å². The fourth-order valence-electron chi connectivity index (χ4n) is 4.38. The summed E-state index contributed by atoms with van der Waals surface area (Å²) in [6, 6.07) is 10.4. The van der Waals surface area contributed by atoms with Crippen LogP contribution >= 0.6 is 34.8 Å². The van der Waals surface area contributed by atoms with Crippen molar-refractivity contribution in [2.45, 2.75) is 0 Å². The van der Waals surface area contributed by atoms with Crippen LogP contribution in [0.3, 0.4) is 0 Å². The molecule has 0 aliphatic carbocycles. The standard InChI is InChI=1S/C26H25Cl3N6O3/c1-34-8-10-35(11-9-34)18-7-4-14(12-16(18)27)26(36)31-25-15-5-6-17(30-24(15)32-33-25)21-22(28)19(37-2)13-20(38-3)23(21)29/h4-7,12-13H,8-11H2,1-3H3,(H2,30,31,32,33,36). The Morgan fingerprint density at radius 3 is 2.29 bits per heavy atom. The van der Waals surface area contributed by atoms with Gasteiger partial charge in [0.2, 0.25) is 0 Å². The van der Waals surface area contributed by atoms with Crippen molar-refractivity contribution in [2.24, 2.45) is 0 Å². The molecule has 9 nitrogen and oxygen atoms in total. The van der Waals surface area contributed by atoms with Crippen molar-refractivity contribution < 1.29 is 14.3 Å². The highest BCUT2D eigenvalue weighted by Crippen LogP contribution is 2.45. The van der Waals surface area contributed by atoms with Gasteiger partial charge in [0.15, 0.2) is 11.5 Å². The zero-order valence-corrected chi connectivity index (χ0v) is 23.2. The van der Waals surface area contributed by atoms with Crippen LogP contribution < -0.4 is 19.7 Å². The summed E-state index contributed by atoms with van der Waals surface area (Å²) >= 11 is 19.7. The number of carbonyl (C=O) groups excluding carboxylic acids is 1. The van der Waals surface area contributed by atoms with E-state index in [-0.39, 0.29) is 5.91 Å².